The highest BCUT2D eigenvalue weighted by molar-refractivity contribution is 6.30. The molecule has 0 bridgehead atoms. The van der Waals surface area contributed by atoms with E-state index in [1.165, 1.54) is 0 Å². The maximum absolute atomic E-state index is 14.0. The Balaban J connectivity index is 2.10. The van der Waals surface area contributed by atoms with Crippen molar-refractivity contribution in [3.8, 4) is 11.5 Å². The Hall–Kier alpha value is -2.21. The molecule has 7 heteroatoms. The van der Waals surface area contributed by atoms with Gasteiger partial charge in [0.2, 0.25) is 0 Å². The second-order valence-corrected chi connectivity index (χ2v) is 6.15. The van der Waals surface area contributed by atoms with Crippen LogP contribution in [0, 0.1) is 5.82 Å². The molecule has 2 aromatic heterocycles. The average molecular weight is 334 g/mol. The van der Waals surface area contributed by atoms with Crippen molar-refractivity contribution >= 4 is 11.6 Å². The monoisotopic (exact) mass is 333 g/mol. The molecule has 1 N–H and O–H groups in total. The van der Waals surface area contributed by atoms with Gasteiger partial charge in [-0.2, -0.15) is 10.2 Å². The number of aromatic nitrogens is 5. The lowest BCUT2D eigenvalue weighted by Crippen LogP contribution is -2.11. The lowest BCUT2D eigenvalue weighted by atomic mass is 10.1. The van der Waals surface area contributed by atoms with Crippen LogP contribution in [0.4, 0.5) is 4.39 Å². The summed E-state index contributed by atoms with van der Waals surface area (Å²) in [6.45, 7) is 5.99. The number of aromatic amines is 1. The molecular weight excluding hydrogens is 317 g/mol. The molecule has 0 aliphatic rings. The number of H-pyrrole nitrogens is 1. The molecule has 0 amide bonds. The van der Waals surface area contributed by atoms with E-state index in [9.17, 15) is 4.39 Å². The Bertz CT molecular complexity index is 806. The van der Waals surface area contributed by atoms with Crippen LogP contribution >= 0.6 is 11.6 Å². The van der Waals surface area contributed by atoms with Crippen molar-refractivity contribution in [3.05, 3.63) is 52.7 Å². The van der Waals surface area contributed by atoms with Gasteiger partial charge in [0.05, 0.1) is 12.2 Å². The molecule has 1 unspecified atom stereocenters. The molecule has 0 aliphatic carbocycles. The van der Waals surface area contributed by atoms with Gasteiger partial charge in [-0.15, -0.1) is 0 Å². The quantitative estimate of drug-likeness (QED) is 0.778. The van der Waals surface area contributed by atoms with Gasteiger partial charge in [-0.3, -0.25) is 5.10 Å². The third kappa shape index (κ3) is 2.99. The van der Waals surface area contributed by atoms with Gasteiger partial charge < -0.3 is 0 Å². The molecule has 0 spiro atoms. The lowest BCUT2D eigenvalue weighted by Gasteiger charge is -2.14. The standard InChI is InChI=1S/C16H17ClFN5/c1-9(2)15-20-16(14-13(18)8-19-21-14)23(22-15)10(3)11-4-6-12(17)7-5-11/h4-10H,1-3H3,(H,19,21). The Morgan fingerprint density at radius 3 is 2.43 bits per heavy atom. The van der Waals surface area contributed by atoms with Crippen LogP contribution in [0.2, 0.25) is 5.02 Å². The predicted octanol–water partition coefficient (Wildman–Crippen LogP) is 4.19. The van der Waals surface area contributed by atoms with Crippen molar-refractivity contribution in [3.63, 3.8) is 0 Å². The maximum atomic E-state index is 14.0. The summed E-state index contributed by atoms with van der Waals surface area (Å²) >= 11 is 5.94. The van der Waals surface area contributed by atoms with Crippen LogP contribution in [0.5, 0.6) is 0 Å². The van der Waals surface area contributed by atoms with Gasteiger partial charge in [0, 0.05) is 10.9 Å². The van der Waals surface area contributed by atoms with Crippen molar-refractivity contribution in [2.45, 2.75) is 32.7 Å². The molecule has 1 aromatic carbocycles. The van der Waals surface area contributed by atoms with Crippen molar-refractivity contribution in [1.82, 2.24) is 25.0 Å². The summed E-state index contributed by atoms with van der Waals surface area (Å²) in [5, 5.41) is 11.6. The summed E-state index contributed by atoms with van der Waals surface area (Å²) in [6.07, 6.45) is 1.14. The Morgan fingerprint density at radius 2 is 1.87 bits per heavy atom. The fourth-order valence-corrected chi connectivity index (χ4v) is 2.46. The second-order valence-electron chi connectivity index (χ2n) is 5.71. The van der Waals surface area contributed by atoms with Gasteiger partial charge in [-0.1, -0.05) is 37.6 Å². The van der Waals surface area contributed by atoms with E-state index in [0.717, 1.165) is 11.8 Å². The Labute approximate surface area is 138 Å². The first-order chi connectivity index (χ1) is 11.0. The van der Waals surface area contributed by atoms with Gasteiger partial charge in [-0.05, 0) is 24.6 Å². The van der Waals surface area contributed by atoms with Crippen LogP contribution in [0.1, 0.15) is 44.1 Å². The minimum atomic E-state index is -0.447. The number of nitrogens with zero attached hydrogens (tertiary/aromatic N) is 4. The fraction of sp³-hybridized carbons (Fsp3) is 0.312. The van der Waals surface area contributed by atoms with Crippen LogP contribution in [0.3, 0.4) is 0 Å². The average Bonchev–Trinajstić information content (AvgIpc) is 3.13. The zero-order chi connectivity index (χ0) is 16.6. The van der Waals surface area contributed by atoms with Gasteiger partial charge in [0.1, 0.15) is 5.69 Å². The zero-order valence-corrected chi connectivity index (χ0v) is 13.8. The molecule has 3 rings (SSSR count). The summed E-state index contributed by atoms with van der Waals surface area (Å²) in [6, 6.07) is 7.38. The van der Waals surface area contributed by atoms with E-state index >= 15 is 0 Å². The third-order valence-electron chi connectivity index (χ3n) is 3.70. The molecule has 0 saturated heterocycles. The first-order valence-corrected chi connectivity index (χ1v) is 7.76. The molecule has 0 saturated carbocycles. The summed E-state index contributed by atoms with van der Waals surface area (Å²) in [5.74, 6) is 0.789. The Kier molecular flexibility index (Phi) is 4.17. The number of nitrogens with one attached hydrogen (secondary N) is 1. The number of rotatable bonds is 4. The van der Waals surface area contributed by atoms with Crippen LogP contribution in [-0.4, -0.2) is 25.0 Å². The summed E-state index contributed by atoms with van der Waals surface area (Å²) in [5.41, 5.74) is 1.25. The van der Waals surface area contributed by atoms with Crippen molar-refractivity contribution in [2.75, 3.05) is 0 Å². The van der Waals surface area contributed by atoms with E-state index in [4.69, 9.17) is 11.6 Å². The van der Waals surface area contributed by atoms with E-state index in [1.54, 1.807) is 4.68 Å². The van der Waals surface area contributed by atoms with Crippen LogP contribution in [0.25, 0.3) is 11.5 Å². The fourth-order valence-electron chi connectivity index (χ4n) is 2.34. The van der Waals surface area contributed by atoms with Gasteiger partial charge in [-0.25, -0.2) is 14.1 Å². The predicted molar refractivity (Wildman–Crippen MR) is 86.9 cm³/mol. The summed E-state index contributed by atoms with van der Waals surface area (Å²) in [4.78, 5) is 4.49. The van der Waals surface area contributed by atoms with Crippen molar-refractivity contribution in [1.29, 1.82) is 0 Å². The van der Waals surface area contributed by atoms with E-state index < -0.39 is 5.82 Å². The van der Waals surface area contributed by atoms with Gasteiger partial charge in [0.25, 0.3) is 0 Å². The molecular formula is C16H17ClFN5. The van der Waals surface area contributed by atoms with Crippen molar-refractivity contribution < 1.29 is 4.39 Å². The highest BCUT2D eigenvalue weighted by Crippen LogP contribution is 2.27. The lowest BCUT2D eigenvalue weighted by molar-refractivity contribution is 0.553. The smallest absolute Gasteiger partial charge is 0.180 e. The third-order valence-corrected chi connectivity index (χ3v) is 3.95. The number of halogens is 2. The van der Waals surface area contributed by atoms with Gasteiger partial charge in [0.15, 0.2) is 17.5 Å². The molecule has 3 aromatic rings. The topological polar surface area (TPSA) is 59.4 Å². The van der Waals surface area contributed by atoms with E-state index in [1.807, 2.05) is 45.0 Å². The largest absolute Gasteiger partial charge is 0.272 e. The zero-order valence-electron chi connectivity index (χ0n) is 13.1. The molecule has 2 heterocycles. The van der Waals surface area contributed by atoms with Crippen molar-refractivity contribution in [2.24, 2.45) is 0 Å². The molecule has 0 aliphatic heterocycles. The number of hydrogen-bond donors (Lipinski definition) is 1. The molecule has 23 heavy (non-hydrogen) atoms. The first kappa shape index (κ1) is 15.7. The van der Waals surface area contributed by atoms with E-state index in [0.29, 0.717) is 16.7 Å². The summed E-state index contributed by atoms with van der Waals surface area (Å²) < 4.78 is 15.7. The second kappa shape index (κ2) is 6.12. The maximum Gasteiger partial charge on any atom is 0.180 e. The minimum Gasteiger partial charge on any atom is -0.272 e. The Morgan fingerprint density at radius 1 is 1.17 bits per heavy atom. The highest BCUT2D eigenvalue weighted by Gasteiger charge is 2.22. The normalized spacial score (nSPS) is 12.8. The first-order valence-electron chi connectivity index (χ1n) is 7.38. The summed E-state index contributed by atoms with van der Waals surface area (Å²) in [7, 11) is 0. The molecule has 5 nitrogen and oxygen atoms in total. The highest BCUT2D eigenvalue weighted by atomic mass is 35.5. The molecule has 1 atom stereocenters. The minimum absolute atomic E-state index is 0.120. The number of benzene rings is 1. The SMILES string of the molecule is CC(C)c1nc(-c2[nH]ncc2F)n(C(C)c2ccc(Cl)cc2)n1. The van der Waals surface area contributed by atoms with E-state index in [-0.39, 0.29) is 17.7 Å². The number of hydrogen-bond acceptors (Lipinski definition) is 3. The van der Waals surface area contributed by atoms with Gasteiger partial charge >= 0.3 is 0 Å². The van der Waals surface area contributed by atoms with Crippen LogP contribution < -0.4 is 0 Å². The van der Waals surface area contributed by atoms with E-state index in [2.05, 4.69) is 20.3 Å². The van der Waals surface area contributed by atoms with Crippen LogP contribution in [-0.2, 0) is 0 Å². The molecule has 0 radical (unpaired) electrons. The molecule has 0 fully saturated rings. The molecule has 120 valence electrons. The van der Waals surface area contributed by atoms with Crippen LogP contribution in [0.15, 0.2) is 30.5 Å².